The van der Waals surface area contributed by atoms with Crippen LogP contribution in [0, 0.1) is 5.92 Å². The van der Waals surface area contributed by atoms with Gasteiger partial charge in [-0.2, -0.15) is 0 Å². The van der Waals surface area contributed by atoms with Crippen molar-refractivity contribution in [2.45, 2.75) is 58.1 Å². The van der Waals surface area contributed by atoms with Gasteiger partial charge in [0.1, 0.15) is 5.60 Å². The maximum absolute atomic E-state index is 12.4. The molecule has 3 aromatic rings. The summed E-state index contributed by atoms with van der Waals surface area (Å²) in [5.41, 5.74) is 6.00. The van der Waals surface area contributed by atoms with Crippen LogP contribution in [0.25, 0.3) is 11.1 Å². The quantitative estimate of drug-likeness (QED) is 0.433. The first-order valence-corrected chi connectivity index (χ1v) is 11.7. The lowest BCUT2D eigenvalue weighted by Gasteiger charge is -2.29. The Kier molecular flexibility index (Phi) is 6.94. The minimum Gasteiger partial charge on any atom is -0.444 e. The Bertz CT molecular complexity index is 1030. The van der Waals surface area contributed by atoms with Crippen molar-refractivity contribution in [3.8, 4) is 11.1 Å². The number of carbonyl (C=O) groups is 1. The van der Waals surface area contributed by atoms with E-state index in [4.69, 9.17) is 4.74 Å². The van der Waals surface area contributed by atoms with Crippen molar-refractivity contribution in [1.29, 1.82) is 0 Å². The third-order valence-corrected chi connectivity index (χ3v) is 6.31. The van der Waals surface area contributed by atoms with Gasteiger partial charge in [-0.05, 0) is 79.7 Å². The second kappa shape index (κ2) is 10.0. The number of rotatable bonds is 6. The molecular weight excluding hydrogens is 394 g/mol. The molecule has 1 aliphatic rings. The Balaban J connectivity index is 1.38. The zero-order valence-electron chi connectivity index (χ0n) is 19.1. The Morgan fingerprint density at radius 1 is 0.938 bits per heavy atom. The molecule has 0 heterocycles. The largest absolute Gasteiger partial charge is 0.444 e. The van der Waals surface area contributed by atoms with Crippen LogP contribution in [0.15, 0.2) is 78.9 Å². The van der Waals surface area contributed by atoms with E-state index in [1.807, 2.05) is 44.2 Å². The number of hydrogen-bond donors (Lipinski definition) is 1. The summed E-state index contributed by atoms with van der Waals surface area (Å²) in [6.07, 6.45) is 5.01. The first kappa shape index (κ1) is 22.1. The number of nitrogens with one attached hydrogen (secondary N) is 1. The van der Waals surface area contributed by atoms with Crippen molar-refractivity contribution >= 4 is 6.09 Å². The average Bonchev–Trinajstić information content (AvgIpc) is 2.99. The molecule has 3 heteroatoms. The molecule has 0 bridgehead atoms. The van der Waals surface area contributed by atoms with Gasteiger partial charge < -0.3 is 10.1 Å². The van der Waals surface area contributed by atoms with Crippen molar-refractivity contribution in [3.05, 3.63) is 95.6 Å². The maximum Gasteiger partial charge on any atom is 0.407 e. The normalized spacial score (nSPS) is 16.0. The molecule has 0 aliphatic heterocycles. The van der Waals surface area contributed by atoms with Crippen molar-refractivity contribution < 1.29 is 9.53 Å². The third kappa shape index (κ3) is 6.00. The van der Waals surface area contributed by atoms with Gasteiger partial charge in [-0.3, -0.25) is 0 Å². The maximum atomic E-state index is 12.4. The Hall–Kier alpha value is -3.07. The lowest BCUT2D eigenvalue weighted by Crippen LogP contribution is -2.36. The number of amides is 1. The fraction of sp³-hybridized carbons (Fsp3) is 0.345. The molecule has 0 saturated carbocycles. The first-order chi connectivity index (χ1) is 15.5. The van der Waals surface area contributed by atoms with Crippen molar-refractivity contribution in [2.75, 3.05) is 0 Å². The molecule has 3 aromatic carbocycles. The van der Waals surface area contributed by atoms with Crippen LogP contribution in [0.5, 0.6) is 0 Å². The lowest BCUT2D eigenvalue weighted by atomic mass is 9.86. The van der Waals surface area contributed by atoms with E-state index < -0.39 is 5.60 Å². The number of fused-ring (bicyclic) bond motifs is 1. The highest BCUT2D eigenvalue weighted by molar-refractivity contribution is 5.67. The van der Waals surface area contributed by atoms with Crippen LogP contribution < -0.4 is 5.32 Å². The van der Waals surface area contributed by atoms with E-state index >= 15 is 0 Å². The Labute approximate surface area is 191 Å². The number of aryl methyl sites for hydroxylation is 1. The molecule has 0 radical (unpaired) electrons. The van der Waals surface area contributed by atoms with Gasteiger partial charge in [0.25, 0.3) is 0 Å². The predicted octanol–water partition coefficient (Wildman–Crippen LogP) is 6.94. The summed E-state index contributed by atoms with van der Waals surface area (Å²) in [5, 5.41) is 2.88. The van der Waals surface area contributed by atoms with E-state index in [9.17, 15) is 4.79 Å². The van der Waals surface area contributed by atoms with Crippen LogP contribution in [0.3, 0.4) is 0 Å². The van der Waals surface area contributed by atoms with E-state index in [2.05, 4.69) is 53.8 Å². The summed E-state index contributed by atoms with van der Waals surface area (Å²) in [5.74, 6) is 0.499. The summed E-state index contributed by atoms with van der Waals surface area (Å²) in [6.45, 7) is 4.54. The molecule has 1 amide bonds. The molecule has 3 nitrogen and oxygen atoms in total. The van der Waals surface area contributed by atoms with Gasteiger partial charge >= 0.3 is 6.09 Å². The SMILES string of the molecule is CC(C)(CC1CCCc2ccc(-c3ccccc3)cc2C1)OC(=O)NCc1ccccc1. The number of carbonyl (C=O) groups excluding carboxylic acids is 1. The highest BCUT2D eigenvalue weighted by Gasteiger charge is 2.29. The predicted molar refractivity (Wildman–Crippen MR) is 130 cm³/mol. The summed E-state index contributed by atoms with van der Waals surface area (Å²) >= 11 is 0. The molecule has 0 fully saturated rings. The van der Waals surface area contributed by atoms with E-state index in [1.165, 1.54) is 28.7 Å². The van der Waals surface area contributed by atoms with Crippen LogP contribution >= 0.6 is 0 Å². The van der Waals surface area contributed by atoms with Gasteiger partial charge in [-0.1, -0.05) is 78.9 Å². The van der Waals surface area contributed by atoms with Gasteiger partial charge in [-0.15, -0.1) is 0 Å². The van der Waals surface area contributed by atoms with Crippen molar-refractivity contribution in [1.82, 2.24) is 5.32 Å². The Morgan fingerprint density at radius 3 is 2.41 bits per heavy atom. The number of ether oxygens (including phenoxy) is 1. The van der Waals surface area contributed by atoms with E-state index in [1.54, 1.807) is 0 Å². The molecule has 1 N–H and O–H groups in total. The van der Waals surface area contributed by atoms with Crippen LogP contribution in [0.2, 0.25) is 0 Å². The molecule has 166 valence electrons. The van der Waals surface area contributed by atoms with Gasteiger partial charge in [0.2, 0.25) is 0 Å². The Morgan fingerprint density at radius 2 is 1.66 bits per heavy atom. The van der Waals surface area contributed by atoms with Gasteiger partial charge in [0, 0.05) is 6.54 Å². The minimum atomic E-state index is -0.507. The van der Waals surface area contributed by atoms with Gasteiger partial charge in [-0.25, -0.2) is 4.79 Å². The summed E-state index contributed by atoms with van der Waals surface area (Å²) in [6, 6.07) is 27.4. The summed E-state index contributed by atoms with van der Waals surface area (Å²) in [7, 11) is 0. The smallest absolute Gasteiger partial charge is 0.407 e. The molecule has 1 aliphatic carbocycles. The average molecular weight is 428 g/mol. The highest BCUT2D eigenvalue weighted by Crippen LogP contribution is 2.33. The third-order valence-electron chi connectivity index (χ3n) is 6.31. The van der Waals surface area contributed by atoms with Crippen LogP contribution in [-0.4, -0.2) is 11.7 Å². The van der Waals surface area contributed by atoms with E-state index in [0.717, 1.165) is 31.2 Å². The zero-order chi connectivity index (χ0) is 22.4. The van der Waals surface area contributed by atoms with Gasteiger partial charge in [0.05, 0.1) is 0 Å². The van der Waals surface area contributed by atoms with Crippen LogP contribution in [-0.2, 0) is 24.1 Å². The molecule has 1 atom stereocenters. The van der Waals surface area contributed by atoms with Crippen LogP contribution in [0.1, 0.15) is 49.8 Å². The fourth-order valence-electron chi connectivity index (χ4n) is 4.83. The molecule has 0 aromatic heterocycles. The van der Waals surface area contributed by atoms with Crippen LogP contribution in [0.4, 0.5) is 4.79 Å². The topological polar surface area (TPSA) is 38.3 Å². The second-order valence-corrected chi connectivity index (χ2v) is 9.50. The zero-order valence-corrected chi connectivity index (χ0v) is 19.1. The second-order valence-electron chi connectivity index (χ2n) is 9.50. The summed E-state index contributed by atoms with van der Waals surface area (Å²) in [4.78, 5) is 12.4. The van der Waals surface area contributed by atoms with Gasteiger partial charge in [0.15, 0.2) is 0 Å². The number of hydrogen-bond acceptors (Lipinski definition) is 2. The minimum absolute atomic E-state index is 0.348. The molecule has 0 spiro atoms. The first-order valence-electron chi connectivity index (χ1n) is 11.7. The molecule has 4 rings (SSSR count). The lowest BCUT2D eigenvalue weighted by molar-refractivity contribution is 0.0195. The highest BCUT2D eigenvalue weighted by atomic mass is 16.6. The molecular formula is C29H33NO2. The van der Waals surface area contributed by atoms with Crippen molar-refractivity contribution in [3.63, 3.8) is 0 Å². The number of benzene rings is 3. The molecule has 32 heavy (non-hydrogen) atoms. The van der Waals surface area contributed by atoms with E-state index in [-0.39, 0.29) is 6.09 Å². The van der Waals surface area contributed by atoms with E-state index in [0.29, 0.717) is 12.5 Å². The fourth-order valence-corrected chi connectivity index (χ4v) is 4.83. The summed E-state index contributed by atoms with van der Waals surface area (Å²) < 4.78 is 5.83. The molecule has 1 unspecified atom stereocenters. The molecule has 0 saturated heterocycles. The monoisotopic (exact) mass is 427 g/mol. The standard InChI is InChI=1S/C29H33NO2/c1-29(2,32-28(31)30-21-22-10-5-3-6-11-22)20-23-12-9-15-25-16-17-26(19-27(25)18-23)24-13-7-4-8-14-24/h3-8,10-11,13-14,16-17,19,23H,9,12,15,18,20-21H2,1-2H3,(H,30,31). The number of alkyl carbamates (subject to hydrolysis) is 1. The van der Waals surface area contributed by atoms with Crippen molar-refractivity contribution in [2.24, 2.45) is 5.92 Å².